The Balaban J connectivity index is 2.85. The summed E-state index contributed by atoms with van der Waals surface area (Å²) in [5, 5.41) is -0.352. The Labute approximate surface area is 123 Å². The first-order valence-corrected chi connectivity index (χ1v) is 6.69. The number of carbonyl (C=O) groups excluding carboxylic acids is 1. The number of amides is 1. The third-order valence-corrected chi connectivity index (χ3v) is 3.25. The minimum Gasteiger partial charge on any atom is -0.383 e. The highest BCUT2D eigenvalue weighted by Crippen LogP contribution is 2.20. The molecule has 1 amide bonds. The maximum absolute atomic E-state index is 13.6. The van der Waals surface area contributed by atoms with Gasteiger partial charge in [0.05, 0.1) is 22.0 Å². The molecule has 3 nitrogen and oxygen atoms in total. The van der Waals surface area contributed by atoms with Crippen molar-refractivity contribution in [2.45, 2.75) is 4.83 Å². The Bertz CT molecular complexity index is 473. The first-order chi connectivity index (χ1) is 8.86. The summed E-state index contributed by atoms with van der Waals surface area (Å²) in [4.78, 5) is 13.2. The molecule has 0 aromatic heterocycles. The SMILES string of the molecule is COCC(Br)CN(C)C(=O)c1cc(F)c(Cl)cc1F. The van der Waals surface area contributed by atoms with Gasteiger partial charge in [-0.25, -0.2) is 8.78 Å². The van der Waals surface area contributed by atoms with Crippen LogP contribution in [0.2, 0.25) is 5.02 Å². The second kappa shape index (κ2) is 7.17. The molecule has 0 N–H and O–H groups in total. The fraction of sp³-hybridized carbons (Fsp3) is 0.417. The molecule has 1 atom stereocenters. The molecule has 19 heavy (non-hydrogen) atoms. The molecule has 0 aliphatic rings. The average Bonchev–Trinajstić information content (AvgIpc) is 2.33. The summed E-state index contributed by atoms with van der Waals surface area (Å²) in [5.74, 6) is -2.29. The van der Waals surface area contributed by atoms with Crippen molar-refractivity contribution in [1.29, 1.82) is 0 Å². The fourth-order valence-electron chi connectivity index (χ4n) is 1.51. The number of methoxy groups -OCH3 is 1. The summed E-state index contributed by atoms with van der Waals surface area (Å²) in [6.45, 7) is 0.700. The van der Waals surface area contributed by atoms with Crippen LogP contribution in [0, 0.1) is 11.6 Å². The number of halogens is 4. The predicted molar refractivity (Wildman–Crippen MR) is 72.9 cm³/mol. The summed E-state index contributed by atoms with van der Waals surface area (Å²) >= 11 is 8.75. The van der Waals surface area contributed by atoms with E-state index in [1.165, 1.54) is 19.1 Å². The Kier molecular flexibility index (Phi) is 6.16. The van der Waals surface area contributed by atoms with Crippen LogP contribution in [-0.4, -0.2) is 42.9 Å². The van der Waals surface area contributed by atoms with E-state index in [0.717, 1.165) is 12.1 Å². The van der Waals surface area contributed by atoms with Gasteiger partial charge in [-0.15, -0.1) is 0 Å². The molecule has 1 aromatic rings. The highest BCUT2D eigenvalue weighted by Gasteiger charge is 2.20. The summed E-state index contributed by atoms with van der Waals surface area (Å²) < 4.78 is 31.8. The molecule has 0 aliphatic heterocycles. The Morgan fingerprint density at radius 3 is 2.68 bits per heavy atom. The van der Waals surface area contributed by atoms with E-state index in [9.17, 15) is 13.6 Å². The molecule has 0 bridgehead atoms. The van der Waals surface area contributed by atoms with Crippen LogP contribution in [0.25, 0.3) is 0 Å². The first-order valence-electron chi connectivity index (χ1n) is 5.39. The average molecular weight is 357 g/mol. The quantitative estimate of drug-likeness (QED) is 0.599. The van der Waals surface area contributed by atoms with Crippen molar-refractivity contribution >= 4 is 33.4 Å². The van der Waals surface area contributed by atoms with E-state index in [1.807, 2.05) is 0 Å². The van der Waals surface area contributed by atoms with E-state index in [-0.39, 0.29) is 15.4 Å². The predicted octanol–water partition coefficient (Wildman–Crippen LogP) is 3.10. The van der Waals surface area contributed by atoms with Crippen LogP contribution >= 0.6 is 27.5 Å². The molecule has 0 radical (unpaired) electrons. The van der Waals surface area contributed by atoms with Gasteiger partial charge in [-0.1, -0.05) is 27.5 Å². The maximum Gasteiger partial charge on any atom is 0.256 e. The van der Waals surface area contributed by atoms with Crippen LogP contribution in [0.4, 0.5) is 8.78 Å². The molecule has 1 aromatic carbocycles. The molecule has 0 saturated carbocycles. The standard InChI is InChI=1S/C12H13BrClF2NO2/c1-17(5-7(13)6-19-2)12(18)8-3-11(16)9(14)4-10(8)15/h3-4,7H,5-6H2,1-2H3. The zero-order valence-electron chi connectivity index (χ0n) is 10.4. The van der Waals surface area contributed by atoms with Gasteiger partial charge in [0.25, 0.3) is 5.91 Å². The highest BCUT2D eigenvalue weighted by atomic mass is 79.9. The summed E-state index contributed by atoms with van der Waals surface area (Å²) in [5.41, 5.74) is -0.346. The van der Waals surface area contributed by atoms with E-state index >= 15 is 0 Å². The molecule has 0 heterocycles. The molecule has 0 spiro atoms. The lowest BCUT2D eigenvalue weighted by Crippen LogP contribution is -2.34. The van der Waals surface area contributed by atoms with Gasteiger partial charge in [-0.3, -0.25) is 4.79 Å². The maximum atomic E-state index is 13.6. The first kappa shape index (κ1) is 16.3. The molecule has 0 fully saturated rings. The van der Waals surface area contributed by atoms with Crippen molar-refractivity contribution in [3.05, 3.63) is 34.4 Å². The lowest BCUT2D eigenvalue weighted by Gasteiger charge is -2.20. The van der Waals surface area contributed by atoms with E-state index < -0.39 is 17.5 Å². The van der Waals surface area contributed by atoms with Gasteiger partial charge in [0.2, 0.25) is 0 Å². The Hall–Kier alpha value is -0.720. The van der Waals surface area contributed by atoms with Crippen molar-refractivity contribution in [2.75, 3.05) is 27.3 Å². The highest BCUT2D eigenvalue weighted by molar-refractivity contribution is 9.09. The molecule has 106 valence electrons. The molecule has 1 unspecified atom stereocenters. The summed E-state index contributed by atoms with van der Waals surface area (Å²) in [7, 11) is 3.03. The van der Waals surface area contributed by atoms with Gasteiger partial charge in [0.15, 0.2) is 0 Å². The third-order valence-electron chi connectivity index (χ3n) is 2.41. The van der Waals surface area contributed by atoms with Crippen molar-refractivity contribution in [1.82, 2.24) is 4.90 Å². The second-order valence-electron chi connectivity index (χ2n) is 3.98. The number of carbonyl (C=O) groups is 1. The largest absolute Gasteiger partial charge is 0.383 e. The Morgan fingerprint density at radius 2 is 2.11 bits per heavy atom. The zero-order chi connectivity index (χ0) is 14.6. The molecule has 7 heteroatoms. The second-order valence-corrected chi connectivity index (χ2v) is 5.69. The van der Waals surface area contributed by atoms with Gasteiger partial charge in [-0.05, 0) is 12.1 Å². The fourth-order valence-corrected chi connectivity index (χ4v) is 2.35. The van der Waals surface area contributed by atoms with Gasteiger partial charge >= 0.3 is 0 Å². The van der Waals surface area contributed by atoms with Gasteiger partial charge < -0.3 is 9.64 Å². The number of ether oxygens (including phenoxy) is 1. The van der Waals surface area contributed by atoms with E-state index in [1.54, 1.807) is 0 Å². The zero-order valence-corrected chi connectivity index (χ0v) is 12.8. The number of nitrogens with zero attached hydrogens (tertiary/aromatic N) is 1. The normalized spacial score (nSPS) is 12.3. The van der Waals surface area contributed by atoms with Crippen molar-refractivity contribution in [3.8, 4) is 0 Å². The third kappa shape index (κ3) is 4.40. The summed E-state index contributed by atoms with van der Waals surface area (Å²) in [6.07, 6.45) is 0. The van der Waals surface area contributed by atoms with Crippen LogP contribution in [0.3, 0.4) is 0 Å². The molecule has 0 aliphatic carbocycles. The number of benzene rings is 1. The molecular formula is C12H13BrClF2NO2. The monoisotopic (exact) mass is 355 g/mol. The Morgan fingerprint density at radius 1 is 1.47 bits per heavy atom. The van der Waals surface area contributed by atoms with Crippen LogP contribution in [0.5, 0.6) is 0 Å². The lowest BCUT2D eigenvalue weighted by molar-refractivity contribution is 0.0779. The topological polar surface area (TPSA) is 29.5 Å². The number of hydrogen-bond acceptors (Lipinski definition) is 2. The molecular weight excluding hydrogens is 343 g/mol. The van der Waals surface area contributed by atoms with E-state index in [2.05, 4.69) is 15.9 Å². The number of alkyl halides is 1. The van der Waals surface area contributed by atoms with Crippen LogP contribution in [-0.2, 0) is 4.74 Å². The summed E-state index contributed by atoms with van der Waals surface area (Å²) in [6, 6.07) is 1.59. The molecule has 0 saturated heterocycles. The smallest absolute Gasteiger partial charge is 0.256 e. The van der Waals surface area contributed by atoms with Crippen molar-refractivity contribution in [2.24, 2.45) is 0 Å². The van der Waals surface area contributed by atoms with Crippen LogP contribution in [0.1, 0.15) is 10.4 Å². The molecule has 1 rings (SSSR count). The van der Waals surface area contributed by atoms with Gasteiger partial charge in [0.1, 0.15) is 11.6 Å². The van der Waals surface area contributed by atoms with E-state index in [0.29, 0.717) is 13.2 Å². The van der Waals surface area contributed by atoms with Gasteiger partial charge in [0, 0.05) is 20.7 Å². The minimum atomic E-state index is -0.846. The number of hydrogen-bond donors (Lipinski definition) is 0. The van der Waals surface area contributed by atoms with Gasteiger partial charge in [-0.2, -0.15) is 0 Å². The van der Waals surface area contributed by atoms with E-state index in [4.69, 9.17) is 16.3 Å². The van der Waals surface area contributed by atoms with Crippen LogP contribution < -0.4 is 0 Å². The van der Waals surface area contributed by atoms with Crippen molar-refractivity contribution < 1.29 is 18.3 Å². The number of rotatable bonds is 5. The lowest BCUT2D eigenvalue weighted by atomic mass is 10.1. The van der Waals surface area contributed by atoms with Crippen LogP contribution in [0.15, 0.2) is 12.1 Å². The minimum absolute atomic E-state index is 0.0911. The van der Waals surface area contributed by atoms with Crippen molar-refractivity contribution in [3.63, 3.8) is 0 Å².